The molecule has 4 N–H and O–H groups in total. The standard InChI is InChI=1S/C21H26ClFN6O2S/c1-11-9-12(22)10-25-16(11)18(30)28-15-6-5-13(23)17(27-15)21(4)14-7-8-26-32(14,31)20(2,3)19(24)29-21/h5-6,9-10,14,32H,7-8H2,1-4H3,(H2,24,29)(H,26,31)(H,27,28,30)/t14-,21+/m1/s1. The molecule has 4 heterocycles. The molecule has 0 bridgehead atoms. The number of hydrogen-bond donors (Lipinski definition) is 4. The van der Waals surface area contributed by atoms with Gasteiger partial charge in [0.2, 0.25) is 0 Å². The fraction of sp³-hybridized carbons (Fsp3) is 0.429. The number of fused-ring (bicyclic) bond motifs is 1. The molecule has 1 amide bonds. The fourth-order valence-electron chi connectivity index (χ4n) is 4.54. The zero-order valence-electron chi connectivity index (χ0n) is 18.2. The summed E-state index contributed by atoms with van der Waals surface area (Å²) in [7, 11) is -3.06. The van der Waals surface area contributed by atoms with Crippen molar-refractivity contribution in [1.29, 1.82) is 0 Å². The van der Waals surface area contributed by atoms with Crippen molar-refractivity contribution in [2.75, 3.05) is 11.9 Å². The maximum Gasteiger partial charge on any atom is 0.275 e. The van der Waals surface area contributed by atoms with Crippen LogP contribution >= 0.6 is 11.6 Å². The second kappa shape index (κ2) is 7.57. The van der Waals surface area contributed by atoms with Crippen molar-refractivity contribution in [1.82, 2.24) is 14.7 Å². The number of nitrogens with one attached hydrogen (secondary N) is 2. The zero-order chi connectivity index (χ0) is 23.5. The van der Waals surface area contributed by atoms with Crippen LogP contribution in [0.4, 0.5) is 10.2 Å². The number of amides is 1. The minimum atomic E-state index is -3.06. The van der Waals surface area contributed by atoms with Crippen molar-refractivity contribution >= 4 is 39.3 Å². The first-order valence-corrected chi connectivity index (χ1v) is 12.4. The minimum Gasteiger partial charge on any atom is -0.386 e. The lowest BCUT2D eigenvalue weighted by Crippen LogP contribution is -2.64. The highest BCUT2D eigenvalue weighted by Gasteiger charge is 2.59. The molecule has 0 aromatic carbocycles. The number of amidine groups is 1. The maximum atomic E-state index is 15.0. The van der Waals surface area contributed by atoms with Gasteiger partial charge in [-0.15, -0.1) is 0 Å². The van der Waals surface area contributed by atoms with E-state index in [-0.39, 0.29) is 23.0 Å². The molecule has 32 heavy (non-hydrogen) atoms. The molecule has 1 fully saturated rings. The largest absolute Gasteiger partial charge is 0.386 e. The molecule has 4 rings (SSSR count). The molecular formula is C21H26ClFN6O2S. The van der Waals surface area contributed by atoms with E-state index < -0.39 is 37.4 Å². The molecule has 2 aromatic rings. The van der Waals surface area contributed by atoms with Crippen LogP contribution in [0.3, 0.4) is 0 Å². The molecule has 2 aromatic heterocycles. The molecule has 2 atom stereocenters. The van der Waals surface area contributed by atoms with E-state index in [4.69, 9.17) is 17.3 Å². The number of aliphatic imine (C=N–C) groups is 1. The molecule has 0 unspecified atom stereocenters. The molecule has 8 nitrogen and oxygen atoms in total. The number of thiol groups is 1. The van der Waals surface area contributed by atoms with Gasteiger partial charge in [-0.2, -0.15) is 0 Å². The van der Waals surface area contributed by atoms with Crippen LogP contribution in [0, 0.1) is 12.7 Å². The van der Waals surface area contributed by atoms with Gasteiger partial charge in [0.1, 0.15) is 34.4 Å². The van der Waals surface area contributed by atoms with Crippen LogP contribution in [0.2, 0.25) is 5.02 Å². The van der Waals surface area contributed by atoms with E-state index in [0.29, 0.717) is 23.6 Å². The van der Waals surface area contributed by atoms with Gasteiger partial charge >= 0.3 is 0 Å². The highest BCUT2D eigenvalue weighted by atomic mass is 35.5. The van der Waals surface area contributed by atoms with Crippen LogP contribution in [0.1, 0.15) is 48.9 Å². The van der Waals surface area contributed by atoms with Crippen molar-refractivity contribution < 1.29 is 13.4 Å². The second-order valence-electron chi connectivity index (χ2n) is 8.87. The Morgan fingerprint density at radius 1 is 1.38 bits per heavy atom. The van der Waals surface area contributed by atoms with Crippen LogP contribution in [-0.2, 0) is 15.7 Å². The third-order valence-corrected chi connectivity index (χ3v) is 10.9. The molecule has 1 saturated heterocycles. The molecule has 2 aliphatic rings. The SMILES string of the molecule is Cc1cc(Cl)cnc1C(=O)Nc1ccc(F)c([C@@]2(C)N=C(N)C(C)(C)[SH]3(=O)NCC[C@H]23)n1. The first kappa shape index (κ1) is 22.8. The Hall–Kier alpha value is -2.43. The summed E-state index contributed by atoms with van der Waals surface area (Å²) in [5.41, 5.74) is 5.75. The predicted molar refractivity (Wildman–Crippen MR) is 125 cm³/mol. The summed E-state index contributed by atoms with van der Waals surface area (Å²) < 4.78 is 31.3. The van der Waals surface area contributed by atoms with Gasteiger partial charge in [0.15, 0.2) is 0 Å². The Labute approximate surface area is 191 Å². The van der Waals surface area contributed by atoms with Crippen LogP contribution in [0.25, 0.3) is 0 Å². The first-order valence-electron chi connectivity index (χ1n) is 10.2. The number of aromatic nitrogens is 2. The van der Waals surface area contributed by atoms with E-state index in [1.807, 2.05) is 0 Å². The van der Waals surface area contributed by atoms with Gasteiger partial charge in [-0.05, 0) is 68.0 Å². The van der Waals surface area contributed by atoms with E-state index in [9.17, 15) is 9.00 Å². The highest BCUT2D eigenvalue weighted by molar-refractivity contribution is 8.04. The number of halogens is 2. The minimum absolute atomic E-state index is 0.0107. The molecule has 11 heteroatoms. The van der Waals surface area contributed by atoms with Crippen molar-refractivity contribution in [2.45, 2.75) is 49.7 Å². The van der Waals surface area contributed by atoms with Crippen LogP contribution in [0.15, 0.2) is 29.4 Å². The van der Waals surface area contributed by atoms with Crippen molar-refractivity contribution in [3.63, 3.8) is 0 Å². The van der Waals surface area contributed by atoms with E-state index in [2.05, 4.69) is 25.0 Å². The van der Waals surface area contributed by atoms with E-state index >= 15 is 4.39 Å². The lowest BCUT2D eigenvalue weighted by Gasteiger charge is -2.50. The van der Waals surface area contributed by atoms with E-state index in [1.54, 1.807) is 33.8 Å². The van der Waals surface area contributed by atoms with Crippen LogP contribution in [0.5, 0.6) is 0 Å². The Bertz CT molecular complexity index is 1200. The summed E-state index contributed by atoms with van der Waals surface area (Å²) in [6.07, 6.45) is 1.92. The van der Waals surface area contributed by atoms with Gasteiger partial charge in [-0.25, -0.2) is 14.4 Å². The molecule has 172 valence electrons. The molecule has 0 aliphatic carbocycles. The quantitative estimate of drug-likeness (QED) is 0.503. The van der Waals surface area contributed by atoms with Gasteiger partial charge in [0, 0.05) is 12.7 Å². The second-order valence-corrected chi connectivity index (χ2v) is 12.7. The third-order valence-electron chi connectivity index (χ3n) is 6.49. The van der Waals surface area contributed by atoms with Gasteiger partial charge < -0.3 is 11.1 Å². The lowest BCUT2D eigenvalue weighted by molar-refractivity contribution is 0.102. The summed E-state index contributed by atoms with van der Waals surface area (Å²) in [6.45, 7) is 7.51. The number of pyridine rings is 2. The number of carbonyl (C=O) groups is 1. The lowest BCUT2D eigenvalue weighted by atomic mass is 9.90. The van der Waals surface area contributed by atoms with Gasteiger partial charge in [-0.3, -0.25) is 18.7 Å². The summed E-state index contributed by atoms with van der Waals surface area (Å²) in [4.78, 5) is 25.8. The topological polar surface area (TPSA) is 122 Å². The normalized spacial score (nSPS) is 26.7. The van der Waals surface area contributed by atoms with Gasteiger partial charge in [0.25, 0.3) is 5.91 Å². The molecule has 2 aliphatic heterocycles. The zero-order valence-corrected chi connectivity index (χ0v) is 19.9. The maximum absolute atomic E-state index is 15.0. The Morgan fingerprint density at radius 2 is 2.09 bits per heavy atom. The van der Waals surface area contributed by atoms with Crippen molar-refractivity contribution in [3.05, 3.63) is 52.2 Å². The molecule has 0 spiro atoms. The Morgan fingerprint density at radius 3 is 2.78 bits per heavy atom. The number of hydrogen-bond acceptors (Lipinski definition) is 6. The third kappa shape index (κ3) is 3.32. The summed E-state index contributed by atoms with van der Waals surface area (Å²) in [5, 5.41) is 2.59. The molecule has 0 radical (unpaired) electrons. The summed E-state index contributed by atoms with van der Waals surface area (Å²) in [6, 6.07) is 4.20. The van der Waals surface area contributed by atoms with Gasteiger partial charge in [-0.1, -0.05) is 11.6 Å². The van der Waals surface area contributed by atoms with Crippen molar-refractivity contribution in [3.8, 4) is 0 Å². The Balaban J connectivity index is 1.75. The number of nitrogens with two attached hydrogens (primary N) is 1. The predicted octanol–water partition coefficient (Wildman–Crippen LogP) is 2.49. The van der Waals surface area contributed by atoms with Crippen molar-refractivity contribution in [2.24, 2.45) is 10.7 Å². The highest BCUT2D eigenvalue weighted by Crippen LogP contribution is 2.48. The number of aryl methyl sites for hydroxylation is 1. The number of anilines is 1. The summed E-state index contributed by atoms with van der Waals surface area (Å²) >= 11 is 5.91. The first-order chi connectivity index (χ1) is 14.9. The van der Waals surface area contributed by atoms with E-state index in [1.165, 1.54) is 18.3 Å². The Kier molecular flexibility index (Phi) is 5.38. The average molecular weight is 481 g/mol. The monoisotopic (exact) mass is 480 g/mol. The van der Waals surface area contributed by atoms with Crippen LogP contribution in [-0.4, -0.2) is 42.5 Å². The van der Waals surface area contributed by atoms with E-state index in [0.717, 1.165) is 0 Å². The smallest absolute Gasteiger partial charge is 0.275 e. The van der Waals surface area contributed by atoms with Gasteiger partial charge in [0.05, 0.1) is 15.0 Å². The number of nitrogens with zero attached hydrogens (tertiary/aromatic N) is 3. The number of rotatable bonds is 3. The molecule has 0 saturated carbocycles. The molecular weight excluding hydrogens is 455 g/mol. The number of carbonyl (C=O) groups excluding carboxylic acids is 1. The van der Waals surface area contributed by atoms with Crippen LogP contribution < -0.4 is 15.8 Å². The average Bonchev–Trinajstić information content (AvgIpc) is 3.13. The fourth-order valence-corrected chi connectivity index (χ4v) is 8.38. The summed E-state index contributed by atoms with van der Waals surface area (Å²) in [5.74, 6) is -0.801.